The lowest BCUT2D eigenvalue weighted by atomic mass is 10.0. The Morgan fingerprint density at radius 1 is 1.24 bits per heavy atom. The van der Waals surface area contributed by atoms with Crippen LogP contribution in [0.25, 0.3) is 0 Å². The van der Waals surface area contributed by atoms with Gasteiger partial charge in [0.25, 0.3) is 0 Å². The first-order chi connectivity index (χ1) is 8.27. The molecule has 17 heavy (non-hydrogen) atoms. The van der Waals surface area contributed by atoms with Gasteiger partial charge in [-0.2, -0.15) is 0 Å². The molecule has 1 saturated carbocycles. The summed E-state index contributed by atoms with van der Waals surface area (Å²) in [5.74, 6) is 0.791. The van der Waals surface area contributed by atoms with Crippen molar-refractivity contribution in [2.24, 2.45) is 5.92 Å². The molecule has 0 spiro atoms. The molecule has 0 amide bonds. The van der Waals surface area contributed by atoms with Crippen LogP contribution in [0.2, 0.25) is 0 Å². The molecule has 1 aliphatic rings. The van der Waals surface area contributed by atoms with Gasteiger partial charge in [-0.3, -0.25) is 0 Å². The van der Waals surface area contributed by atoms with Crippen molar-refractivity contribution in [2.75, 3.05) is 0 Å². The van der Waals surface area contributed by atoms with Gasteiger partial charge in [0.15, 0.2) is 4.67 Å². The summed E-state index contributed by atoms with van der Waals surface area (Å²) in [7, 11) is 0. The molecule has 88 valence electrons. The number of hydrogen-bond donors (Lipinski definition) is 1. The van der Waals surface area contributed by atoms with Gasteiger partial charge >= 0.3 is 0 Å². The average molecular weight is 293 g/mol. The zero-order valence-corrected chi connectivity index (χ0v) is 10.8. The summed E-state index contributed by atoms with van der Waals surface area (Å²) in [5.41, 5.74) is 2.17. The molecule has 1 fully saturated rings. The maximum atomic E-state index is 10.3. The predicted molar refractivity (Wildman–Crippen MR) is 68.7 cm³/mol. The Morgan fingerprint density at radius 2 is 2.00 bits per heavy atom. The fraction of sp³-hybridized carbons (Fsp3) is 0.286. The Bertz CT molecular complexity index is 506. The Kier molecular flexibility index (Phi) is 2.81. The molecule has 0 saturated heterocycles. The lowest BCUT2D eigenvalue weighted by Crippen LogP contribution is -2.00. The monoisotopic (exact) mass is 292 g/mol. The summed E-state index contributed by atoms with van der Waals surface area (Å²) < 4.78 is 5.80. The SMILES string of the molecule is OC(c1ccoc1Br)C1CC1c1ccccc1. The van der Waals surface area contributed by atoms with Gasteiger partial charge in [-0.25, -0.2) is 0 Å². The van der Waals surface area contributed by atoms with Gasteiger partial charge < -0.3 is 9.52 Å². The third-order valence-corrected chi connectivity index (χ3v) is 4.08. The molecule has 2 nitrogen and oxygen atoms in total. The summed E-state index contributed by atoms with van der Waals surface area (Å²) >= 11 is 3.31. The minimum absolute atomic E-state index is 0.311. The summed E-state index contributed by atoms with van der Waals surface area (Å²) in [6, 6.07) is 12.2. The van der Waals surface area contributed by atoms with Crippen molar-refractivity contribution in [1.82, 2.24) is 0 Å². The van der Waals surface area contributed by atoms with Crippen LogP contribution in [0.4, 0.5) is 0 Å². The Hall–Kier alpha value is -1.06. The third kappa shape index (κ3) is 2.05. The maximum Gasteiger partial charge on any atom is 0.174 e. The van der Waals surface area contributed by atoms with Gasteiger partial charge in [-0.05, 0) is 45.8 Å². The van der Waals surface area contributed by atoms with Crippen LogP contribution in [0, 0.1) is 5.92 Å². The Morgan fingerprint density at radius 3 is 2.65 bits per heavy atom. The maximum absolute atomic E-state index is 10.3. The molecule has 3 rings (SSSR count). The normalized spacial score (nSPS) is 24.6. The fourth-order valence-corrected chi connectivity index (χ4v) is 2.87. The van der Waals surface area contributed by atoms with Crippen LogP contribution in [0.5, 0.6) is 0 Å². The van der Waals surface area contributed by atoms with Gasteiger partial charge in [-0.15, -0.1) is 0 Å². The average Bonchev–Trinajstić information content (AvgIpc) is 3.05. The van der Waals surface area contributed by atoms with Gasteiger partial charge in [0, 0.05) is 5.56 Å². The standard InChI is InChI=1S/C14H13BrO2/c15-14-10(6-7-17-14)13(16)12-8-11(12)9-4-2-1-3-5-9/h1-7,11-13,16H,8H2. The predicted octanol–water partition coefficient (Wildman–Crippen LogP) is 3.88. The van der Waals surface area contributed by atoms with Crippen LogP contribution >= 0.6 is 15.9 Å². The van der Waals surface area contributed by atoms with Crippen LogP contribution in [0.3, 0.4) is 0 Å². The highest BCUT2D eigenvalue weighted by Gasteiger charge is 2.44. The van der Waals surface area contributed by atoms with E-state index < -0.39 is 6.10 Å². The van der Waals surface area contributed by atoms with E-state index in [1.54, 1.807) is 6.26 Å². The zero-order chi connectivity index (χ0) is 11.8. The zero-order valence-electron chi connectivity index (χ0n) is 9.21. The minimum Gasteiger partial charge on any atom is -0.457 e. The van der Waals surface area contributed by atoms with Crippen molar-refractivity contribution < 1.29 is 9.52 Å². The first kappa shape index (κ1) is 11.1. The van der Waals surface area contributed by atoms with Crippen LogP contribution in [-0.2, 0) is 0 Å². The van der Waals surface area contributed by atoms with Crippen LogP contribution in [0.15, 0.2) is 51.7 Å². The van der Waals surface area contributed by atoms with E-state index in [1.807, 2.05) is 24.3 Å². The number of aliphatic hydroxyl groups is 1. The van der Waals surface area contributed by atoms with Gasteiger partial charge in [0.1, 0.15) is 0 Å². The highest BCUT2D eigenvalue weighted by atomic mass is 79.9. The van der Waals surface area contributed by atoms with Crippen molar-refractivity contribution in [3.63, 3.8) is 0 Å². The van der Waals surface area contributed by atoms with E-state index in [2.05, 4.69) is 28.1 Å². The molecule has 2 aromatic rings. The van der Waals surface area contributed by atoms with Crippen molar-refractivity contribution >= 4 is 15.9 Å². The van der Waals surface area contributed by atoms with Gasteiger partial charge in [0.05, 0.1) is 12.4 Å². The fourth-order valence-electron chi connectivity index (χ4n) is 2.39. The highest BCUT2D eigenvalue weighted by molar-refractivity contribution is 9.10. The molecule has 1 aromatic carbocycles. The lowest BCUT2D eigenvalue weighted by molar-refractivity contribution is 0.149. The topological polar surface area (TPSA) is 33.4 Å². The number of aliphatic hydroxyl groups excluding tert-OH is 1. The lowest BCUT2D eigenvalue weighted by Gasteiger charge is -2.08. The number of rotatable bonds is 3. The smallest absolute Gasteiger partial charge is 0.174 e. The van der Waals surface area contributed by atoms with Gasteiger partial charge in [-0.1, -0.05) is 30.3 Å². The summed E-state index contributed by atoms with van der Waals surface area (Å²) in [5, 5.41) is 10.3. The van der Waals surface area contributed by atoms with E-state index in [4.69, 9.17) is 4.42 Å². The molecular formula is C14H13BrO2. The van der Waals surface area contributed by atoms with Crippen molar-refractivity contribution in [3.05, 3.63) is 58.5 Å². The Labute approximate surface area is 108 Å². The van der Waals surface area contributed by atoms with Gasteiger partial charge in [0.2, 0.25) is 0 Å². The van der Waals surface area contributed by atoms with Crippen LogP contribution in [-0.4, -0.2) is 5.11 Å². The molecule has 0 bridgehead atoms. The second kappa shape index (κ2) is 4.31. The van der Waals surface area contributed by atoms with E-state index >= 15 is 0 Å². The molecule has 1 heterocycles. The van der Waals surface area contributed by atoms with Crippen molar-refractivity contribution in [3.8, 4) is 0 Å². The molecule has 3 unspecified atom stereocenters. The quantitative estimate of drug-likeness (QED) is 0.931. The Balaban J connectivity index is 1.75. The number of halogens is 1. The largest absolute Gasteiger partial charge is 0.457 e. The number of benzene rings is 1. The molecule has 0 radical (unpaired) electrons. The van der Waals surface area contributed by atoms with E-state index in [1.165, 1.54) is 5.56 Å². The molecule has 0 aliphatic heterocycles. The molecule has 3 atom stereocenters. The van der Waals surface area contributed by atoms with E-state index in [-0.39, 0.29) is 0 Å². The summed E-state index contributed by atoms with van der Waals surface area (Å²) in [4.78, 5) is 0. The second-order valence-electron chi connectivity index (χ2n) is 4.51. The molecular weight excluding hydrogens is 280 g/mol. The van der Waals surface area contributed by atoms with Crippen molar-refractivity contribution in [2.45, 2.75) is 18.4 Å². The van der Waals surface area contributed by atoms with E-state index in [9.17, 15) is 5.11 Å². The summed E-state index contributed by atoms with van der Waals surface area (Å²) in [6.45, 7) is 0. The first-order valence-corrected chi connectivity index (χ1v) is 6.52. The first-order valence-electron chi connectivity index (χ1n) is 5.73. The molecule has 1 aliphatic carbocycles. The van der Waals surface area contributed by atoms with E-state index in [0.29, 0.717) is 16.5 Å². The van der Waals surface area contributed by atoms with Crippen molar-refractivity contribution in [1.29, 1.82) is 0 Å². The highest BCUT2D eigenvalue weighted by Crippen LogP contribution is 2.54. The molecule has 1 N–H and O–H groups in total. The molecule has 1 aromatic heterocycles. The van der Waals surface area contributed by atoms with E-state index in [0.717, 1.165) is 12.0 Å². The minimum atomic E-state index is -0.437. The van der Waals surface area contributed by atoms with Crippen LogP contribution < -0.4 is 0 Å². The van der Waals surface area contributed by atoms with Crippen LogP contribution in [0.1, 0.15) is 29.6 Å². The number of hydrogen-bond acceptors (Lipinski definition) is 2. The second-order valence-corrected chi connectivity index (χ2v) is 5.23. The molecule has 3 heteroatoms. The number of furan rings is 1. The third-order valence-electron chi connectivity index (χ3n) is 3.44. The summed E-state index contributed by atoms with van der Waals surface area (Å²) in [6.07, 6.45) is 2.21.